The first kappa shape index (κ1) is 11.3. The smallest absolute Gasteiger partial charge is 0.233 e. The average Bonchev–Trinajstić information content (AvgIpc) is 3.09. The summed E-state index contributed by atoms with van der Waals surface area (Å²) in [6.45, 7) is 2.04. The van der Waals surface area contributed by atoms with E-state index in [2.05, 4.69) is 0 Å². The number of anilines is 1. The van der Waals surface area contributed by atoms with Crippen molar-refractivity contribution in [3.63, 3.8) is 0 Å². The van der Waals surface area contributed by atoms with E-state index in [1.807, 2.05) is 36.1 Å². The largest absolute Gasteiger partial charge is 0.390 e. The van der Waals surface area contributed by atoms with Crippen LogP contribution in [0.4, 0.5) is 5.69 Å². The average molecular weight is 271 g/mol. The van der Waals surface area contributed by atoms with Gasteiger partial charge in [-0.3, -0.25) is 9.69 Å². The molecule has 1 aromatic rings. The summed E-state index contributed by atoms with van der Waals surface area (Å²) in [4.78, 5) is 14.6. The Morgan fingerprint density at radius 3 is 2.75 bits per heavy atom. The number of carbonyl (C=O) groups excluding carboxylic acids is 1. The van der Waals surface area contributed by atoms with Gasteiger partial charge in [0.2, 0.25) is 5.91 Å². The van der Waals surface area contributed by atoms with E-state index in [0.717, 1.165) is 12.1 Å². The highest BCUT2D eigenvalue weighted by atomic mass is 16.5. The van der Waals surface area contributed by atoms with Crippen LogP contribution >= 0.6 is 0 Å². The van der Waals surface area contributed by atoms with Gasteiger partial charge in [0.25, 0.3) is 0 Å². The minimum atomic E-state index is -0.435. The Morgan fingerprint density at radius 1 is 1.25 bits per heavy atom. The van der Waals surface area contributed by atoms with Gasteiger partial charge in [-0.2, -0.15) is 0 Å². The molecule has 1 N–H and O–H groups in total. The van der Waals surface area contributed by atoms with Crippen molar-refractivity contribution in [1.82, 2.24) is 0 Å². The molecule has 20 heavy (non-hydrogen) atoms. The van der Waals surface area contributed by atoms with Crippen LogP contribution in [0.15, 0.2) is 24.3 Å². The molecule has 2 saturated heterocycles. The maximum atomic E-state index is 12.8. The molecule has 4 nitrogen and oxygen atoms in total. The number of aliphatic hydroxyl groups excluding tert-OH is 1. The molecule has 4 heteroatoms. The van der Waals surface area contributed by atoms with Crippen molar-refractivity contribution in [2.75, 3.05) is 4.90 Å². The van der Waals surface area contributed by atoms with Gasteiger partial charge >= 0.3 is 0 Å². The van der Waals surface area contributed by atoms with Gasteiger partial charge in [-0.25, -0.2) is 0 Å². The number of fused-ring (bicyclic) bond motifs is 2. The molecular formula is C16H17NO3. The number of ether oxygens (including phenoxy) is 1. The number of carbonyl (C=O) groups is 1. The first-order valence-electron chi connectivity index (χ1n) is 7.40. The lowest BCUT2D eigenvalue weighted by molar-refractivity contribution is -0.128. The highest BCUT2D eigenvalue weighted by Crippen LogP contribution is 2.63. The van der Waals surface area contributed by atoms with Crippen molar-refractivity contribution >= 4 is 11.6 Å². The molecule has 0 radical (unpaired) electrons. The fourth-order valence-electron chi connectivity index (χ4n) is 5.04. The van der Waals surface area contributed by atoms with Crippen molar-refractivity contribution in [3.05, 3.63) is 29.8 Å². The number of hydrogen-bond acceptors (Lipinski definition) is 3. The normalized spacial score (nSPS) is 47.6. The Bertz CT molecular complexity index is 598. The third kappa shape index (κ3) is 1.10. The fraction of sp³-hybridized carbons (Fsp3) is 0.562. The summed E-state index contributed by atoms with van der Waals surface area (Å²) >= 11 is 0. The Balaban J connectivity index is 1.59. The van der Waals surface area contributed by atoms with E-state index >= 15 is 0 Å². The van der Waals surface area contributed by atoms with Gasteiger partial charge < -0.3 is 9.84 Å². The Morgan fingerprint density at radius 2 is 2.00 bits per heavy atom. The van der Waals surface area contributed by atoms with E-state index in [1.165, 1.54) is 5.56 Å². The lowest BCUT2D eigenvalue weighted by Gasteiger charge is -2.30. The minimum Gasteiger partial charge on any atom is -0.390 e. The molecule has 5 rings (SSSR count). The number of aryl methyl sites for hydroxylation is 1. The number of hydrogen-bond donors (Lipinski definition) is 1. The van der Waals surface area contributed by atoms with E-state index in [-0.39, 0.29) is 30.1 Å². The van der Waals surface area contributed by atoms with E-state index < -0.39 is 6.10 Å². The highest BCUT2D eigenvalue weighted by Gasteiger charge is 2.72. The fourth-order valence-corrected chi connectivity index (χ4v) is 5.04. The van der Waals surface area contributed by atoms with Crippen LogP contribution in [-0.4, -0.2) is 29.4 Å². The summed E-state index contributed by atoms with van der Waals surface area (Å²) in [7, 11) is 0. The van der Waals surface area contributed by atoms with Crippen molar-refractivity contribution in [2.24, 2.45) is 23.7 Å². The van der Waals surface area contributed by atoms with Crippen LogP contribution in [0.5, 0.6) is 0 Å². The predicted octanol–water partition coefficient (Wildman–Crippen LogP) is 1.31. The zero-order chi connectivity index (χ0) is 13.6. The first-order chi connectivity index (χ1) is 9.66. The molecule has 4 fully saturated rings. The third-order valence-electron chi connectivity index (χ3n) is 5.83. The minimum absolute atomic E-state index is 0.0277. The molecule has 104 valence electrons. The zero-order valence-corrected chi connectivity index (χ0v) is 11.3. The predicted molar refractivity (Wildman–Crippen MR) is 71.9 cm³/mol. The molecule has 1 aromatic carbocycles. The molecular weight excluding hydrogens is 254 g/mol. The van der Waals surface area contributed by atoms with Crippen LogP contribution < -0.4 is 4.90 Å². The number of amides is 1. The molecule has 1 amide bonds. The number of rotatable bonds is 1. The van der Waals surface area contributed by atoms with Crippen LogP contribution in [0.25, 0.3) is 0 Å². The molecule has 2 aliphatic carbocycles. The molecule has 2 aliphatic heterocycles. The SMILES string of the molecule is Cc1ccc(N2C(=O)[C@@H]3[C@H]4C[C@H]5[C@H](O[C@@H]2[C@H]53)[C@@H]4O)cc1. The topological polar surface area (TPSA) is 49.8 Å². The molecule has 0 aromatic heterocycles. The van der Waals surface area contributed by atoms with E-state index in [1.54, 1.807) is 0 Å². The maximum Gasteiger partial charge on any atom is 0.233 e. The van der Waals surface area contributed by atoms with Crippen molar-refractivity contribution < 1.29 is 14.6 Å². The van der Waals surface area contributed by atoms with E-state index in [0.29, 0.717) is 11.8 Å². The van der Waals surface area contributed by atoms with Crippen LogP contribution in [0.1, 0.15) is 12.0 Å². The van der Waals surface area contributed by atoms with Crippen LogP contribution in [-0.2, 0) is 9.53 Å². The van der Waals surface area contributed by atoms with Gasteiger partial charge in [0.05, 0.1) is 18.1 Å². The Kier molecular flexibility index (Phi) is 1.94. The number of benzene rings is 1. The summed E-state index contributed by atoms with van der Waals surface area (Å²) in [6.07, 6.45) is 0.320. The second kappa shape index (κ2) is 3.43. The van der Waals surface area contributed by atoms with Crippen molar-refractivity contribution in [3.8, 4) is 0 Å². The van der Waals surface area contributed by atoms with Gasteiger partial charge in [-0.05, 0) is 37.3 Å². The number of nitrogens with zero attached hydrogens (tertiary/aromatic N) is 1. The molecule has 2 bridgehead atoms. The van der Waals surface area contributed by atoms with Crippen LogP contribution in [0.3, 0.4) is 0 Å². The second-order valence-electron chi connectivity index (χ2n) is 6.69. The highest BCUT2D eigenvalue weighted by molar-refractivity contribution is 5.99. The summed E-state index contributed by atoms with van der Waals surface area (Å²) in [5, 5.41) is 10.2. The van der Waals surface area contributed by atoms with Crippen molar-refractivity contribution in [1.29, 1.82) is 0 Å². The maximum absolute atomic E-state index is 12.8. The molecule has 7 atom stereocenters. The van der Waals surface area contributed by atoms with Gasteiger partial charge in [-0.1, -0.05) is 17.7 Å². The standard InChI is InChI=1S/C16H17NO3/c1-7-2-4-8(5-3-7)17-15(19)11-9-6-10-12(11)16(17)20-14(10)13(9)18/h2-5,9-14,16,18H,6H2,1H3/t9-,10-,11-,12-,13-,14+,16-/m1/s1. The molecule has 2 heterocycles. The zero-order valence-electron chi connectivity index (χ0n) is 11.3. The first-order valence-corrected chi connectivity index (χ1v) is 7.40. The molecule has 2 saturated carbocycles. The van der Waals surface area contributed by atoms with Gasteiger partial charge in [0.1, 0.15) is 6.23 Å². The lowest BCUT2D eigenvalue weighted by Crippen LogP contribution is -2.43. The molecule has 4 aliphatic rings. The summed E-state index contributed by atoms with van der Waals surface area (Å²) in [5.41, 5.74) is 2.11. The molecule has 0 unspecified atom stereocenters. The van der Waals surface area contributed by atoms with Crippen LogP contribution in [0, 0.1) is 30.6 Å². The van der Waals surface area contributed by atoms with Gasteiger partial charge in [0.15, 0.2) is 0 Å². The van der Waals surface area contributed by atoms with Crippen molar-refractivity contribution in [2.45, 2.75) is 31.8 Å². The summed E-state index contributed by atoms with van der Waals surface area (Å²) in [6, 6.07) is 8.04. The summed E-state index contributed by atoms with van der Waals surface area (Å²) in [5.74, 6) is 0.906. The summed E-state index contributed by atoms with van der Waals surface area (Å²) < 4.78 is 6.07. The quantitative estimate of drug-likeness (QED) is 0.838. The second-order valence-corrected chi connectivity index (χ2v) is 6.69. The lowest BCUT2D eigenvalue weighted by atomic mass is 9.80. The van der Waals surface area contributed by atoms with E-state index in [9.17, 15) is 9.90 Å². The number of aliphatic hydroxyl groups is 1. The van der Waals surface area contributed by atoms with Crippen LogP contribution in [0.2, 0.25) is 0 Å². The van der Waals surface area contributed by atoms with Gasteiger partial charge in [0, 0.05) is 11.6 Å². The third-order valence-corrected chi connectivity index (χ3v) is 5.83. The monoisotopic (exact) mass is 271 g/mol. The molecule has 0 spiro atoms. The Labute approximate surface area is 117 Å². The Hall–Kier alpha value is -1.39. The van der Waals surface area contributed by atoms with E-state index in [4.69, 9.17) is 4.74 Å². The van der Waals surface area contributed by atoms with Gasteiger partial charge in [-0.15, -0.1) is 0 Å².